The van der Waals surface area contributed by atoms with Crippen LogP contribution >= 0.6 is 0 Å². The van der Waals surface area contributed by atoms with Crippen LogP contribution < -0.4 is 11.0 Å². The average Bonchev–Trinajstić information content (AvgIpc) is 3.17. The molecule has 3 rings (SSSR count). The van der Waals surface area contributed by atoms with E-state index in [0.717, 1.165) is 25.9 Å². The molecule has 0 spiro atoms. The van der Waals surface area contributed by atoms with Crippen LogP contribution in [0.3, 0.4) is 0 Å². The van der Waals surface area contributed by atoms with Crippen LogP contribution in [0.4, 0.5) is 5.82 Å². The van der Waals surface area contributed by atoms with Gasteiger partial charge in [-0.2, -0.15) is 0 Å². The van der Waals surface area contributed by atoms with E-state index < -0.39 is 0 Å². The Balaban J connectivity index is 1.77. The second-order valence-electron chi connectivity index (χ2n) is 4.88. The largest absolute Gasteiger partial charge is 0.308 e. The summed E-state index contributed by atoms with van der Waals surface area (Å²) in [5.41, 5.74) is 3.18. The molecule has 5 nitrogen and oxygen atoms in total. The Hall–Kier alpha value is -1.36. The Labute approximate surface area is 100 Å². The third kappa shape index (κ3) is 2.34. The van der Waals surface area contributed by atoms with Gasteiger partial charge in [0.25, 0.3) is 5.56 Å². The monoisotopic (exact) mass is 234 g/mol. The van der Waals surface area contributed by atoms with Crippen molar-refractivity contribution in [1.29, 1.82) is 0 Å². The first-order valence-corrected chi connectivity index (χ1v) is 6.43. The number of hydrogen-bond acceptors (Lipinski definition) is 4. The quantitative estimate of drug-likeness (QED) is 0.858. The third-order valence-corrected chi connectivity index (χ3v) is 3.43. The first kappa shape index (κ1) is 10.8. The van der Waals surface area contributed by atoms with Crippen molar-refractivity contribution in [2.45, 2.75) is 38.1 Å². The molecule has 1 N–H and O–H groups in total. The standard InChI is InChI=1S/C12H18N4O/c17-12-11(14-15-7-2-1-3-8-15)13-6-9-16(12)10-4-5-10/h6,9-10H,1-5,7-8H2,(H,13,14). The van der Waals surface area contributed by atoms with Crippen molar-refractivity contribution in [3.05, 3.63) is 22.7 Å². The lowest BCUT2D eigenvalue weighted by atomic mass is 10.2. The summed E-state index contributed by atoms with van der Waals surface area (Å²) in [6.07, 6.45) is 9.41. The number of hydrogen-bond donors (Lipinski definition) is 1. The maximum Gasteiger partial charge on any atom is 0.294 e. The van der Waals surface area contributed by atoms with Crippen LogP contribution in [0.5, 0.6) is 0 Å². The molecule has 0 atom stereocenters. The molecule has 1 saturated carbocycles. The van der Waals surface area contributed by atoms with Crippen molar-refractivity contribution in [1.82, 2.24) is 14.6 Å². The van der Waals surface area contributed by atoms with Gasteiger partial charge >= 0.3 is 0 Å². The summed E-state index contributed by atoms with van der Waals surface area (Å²) >= 11 is 0. The van der Waals surface area contributed by atoms with Gasteiger partial charge in [-0.3, -0.25) is 10.2 Å². The van der Waals surface area contributed by atoms with E-state index in [9.17, 15) is 4.79 Å². The molecule has 92 valence electrons. The van der Waals surface area contributed by atoms with Crippen LogP contribution in [0.1, 0.15) is 38.1 Å². The number of piperidine rings is 1. The molecule has 1 aromatic heterocycles. The van der Waals surface area contributed by atoms with Crippen molar-refractivity contribution in [3.8, 4) is 0 Å². The molecule has 0 aromatic carbocycles. The number of hydrazine groups is 1. The smallest absolute Gasteiger partial charge is 0.294 e. The molecule has 2 aliphatic rings. The van der Waals surface area contributed by atoms with Crippen molar-refractivity contribution in [2.75, 3.05) is 18.5 Å². The molecule has 2 fully saturated rings. The molecule has 1 saturated heterocycles. The third-order valence-electron chi connectivity index (χ3n) is 3.43. The second kappa shape index (κ2) is 4.49. The Morgan fingerprint density at radius 1 is 1.24 bits per heavy atom. The molecule has 1 aromatic rings. The maximum absolute atomic E-state index is 12.1. The highest BCUT2D eigenvalue weighted by atomic mass is 16.1. The minimum atomic E-state index is 0.0144. The minimum absolute atomic E-state index is 0.0144. The van der Waals surface area contributed by atoms with Gasteiger partial charge in [-0.1, -0.05) is 6.42 Å². The van der Waals surface area contributed by atoms with Gasteiger partial charge in [0.2, 0.25) is 5.82 Å². The lowest BCUT2D eigenvalue weighted by molar-refractivity contribution is 0.271. The summed E-state index contributed by atoms with van der Waals surface area (Å²) in [5.74, 6) is 0.473. The Bertz CT molecular complexity index is 446. The molecule has 0 bridgehead atoms. The molecule has 2 heterocycles. The zero-order chi connectivity index (χ0) is 11.7. The van der Waals surface area contributed by atoms with Crippen molar-refractivity contribution in [2.24, 2.45) is 0 Å². The highest BCUT2D eigenvalue weighted by Gasteiger charge is 2.25. The summed E-state index contributed by atoms with van der Waals surface area (Å²) in [4.78, 5) is 16.3. The van der Waals surface area contributed by atoms with Crippen LogP contribution in [0.2, 0.25) is 0 Å². The average molecular weight is 234 g/mol. The van der Waals surface area contributed by atoms with Crippen molar-refractivity contribution >= 4 is 5.82 Å². The summed E-state index contributed by atoms with van der Waals surface area (Å²) in [6, 6.07) is 0.410. The maximum atomic E-state index is 12.1. The summed E-state index contributed by atoms with van der Waals surface area (Å²) in [5, 5.41) is 2.10. The highest BCUT2D eigenvalue weighted by molar-refractivity contribution is 5.29. The topological polar surface area (TPSA) is 50.2 Å². The number of anilines is 1. The van der Waals surface area contributed by atoms with E-state index in [1.54, 1.807) is 17.0 Å². The summed E-state index contributed by atoms with van der Waals surface area (Å²) in [6.45, 7) is 2.00. The molecule has 0 radical (unpaired) electrons. The minimum Gasteiger partial charge on any atom is -0.308 e. The Morgan fingerprint density at radius 3 is 2.71 bits per heavy atom. The Morgan fingerprint density at radius 2 is 2.00 bits per heavy atom. The van der Waals surface area contributed by atoms with Gasteiger partial charge in [-0.05, 0) is 25.7 Å². The lowest BCUT2D eigenvalue weighted by Gasteiger charge is -2.27. The molecular weight excluding hydrogens is 216 g/mol. The molecule has 0 amide bonds. The van der Waals surface area contributed by atoms with Crippen molar-refractivity contribution in [3.63, 3.8) is 0 Å². The van der Waals surface area contributed by atoms with Crippen LogP contribution in [-0.2, 0) is 0 Å². The van der Waals surface area contributed by atoms with Crippen LogP contribution in [-0.4, -0.2) is 27.6 Å². The second-order valence-corrected chi connectivity index (χ2v) is 4.88. The fraction of sp³-hybridized carbons (Fsp3) is 0.667. The predicted molar refractivity (Wildman–Crippen MR) is 65.8 cm³/mol. The normalized spacial score (nSPS) is 21.4. The van der Waals surface area contributed by atoms with E-state index in [-0.39, 0.29) is 5.56 Å². The SMILES string of the molecule is O=c1c(NN2CCCCC2)nccn1C1CC1. The van der Waals surface area contributed by atoms with Gasteiger partial charge in [-0.15, -0.1) is 0 Å². The first-order chi connectivity index (χ1) is 8.34. The van der Waals surface area contributed by atoms with E-state index in [1.165, 1.54) is 19.3 Å². The molecule has 0 unspecified atom stereocenters. The fourth-order valence-corrected chi connectivity index (χ4v) is 2.30. The van der Waals surface area contributed by atoms with Gasteiger partial charge in [0.1, 0.15) is 0 Å². The van der Waals surface area contributed by atoms with Gasteiger partial charge in [0.05, 0.1) is 0 Å². The van der Waals surface area contributed by atoms with Crippen LogP contribution in [0.25, 0.3) is 0 Å². The zero-order valence-corrected chi connectivity index (χ0v) is 9.93. The van der Waals surface area contributed by atoms with E-state index in [2.05, 4.69) is 15.4 Å². The van der Waals surface area contributed by atoms with E-state index in [4.69, 9.17) is 0 Å². The van der Waals surface area contributed by atoms with Crippen molar-refractivity contribution < 1.29 is 0 Å². The molecule has 5 heteroatoms. The molecule has 17 heavy (non-hydrogen) atoms. The predicted octanol–water partition coefficient (Wildman–Crippen LogP) is 1.39. The van der Waals surface area contributed by atoms with Crippen LogP contribution in [0, 0.1) is 0 Å². The van der Waals surface area contributed by atoms with E-state index >= 15 is 0 Å². The molecule has 1 aliphatic heterocycles. The molecular formula is C12H18N4O. The highest BCUT2D eigenvalue weighted by Crippen LogP contribution is 2.33. The fourth-order valence-electron chi connectivity index (χ4n) is 2.30. The lowest BCUT2D eigenvalue weighted by Crippen LogP contribution is -2.38. The van der Waals surface area contributed by atoms with E-state index in [1.807, 2.05) is 0 Å². The zero-order valence-electron chi connectivity index (χ0n) is 9.93. The molecule has 1 aliphatic carbocycles. The van der Waals surface area contributed by atoms with Gasteiger partial charge in [0, 0.05) is 31.5 Å². The summed E-state index contributed by atoms with van der Waals surface area (Å²) in [7, 11) is 0. The number of nitrogens with one attached hydrogen (secondary N) is 1. The van der Waals surface area contributed by atoms with E-state index in [0.29, 0.717) is 11.9 Å². The van der Waals surface area contributed by atoms with Gasteiger partial charge in [-0.25, -0.2) is 9.99 Å². The number of aromatic nitrogens is 2. The Kier molecular flexibility index (Phi) is 2.84. The number of rotatable bonds is 3. The number of nitrogens with zero attached hydrogens (tertiary/aromatic N) is 3. The van der Waals surface area contributed by atoms with Gasteiger partial charge in [0.15, 0.2) is 0 Å². The first-order valence-electron chi connectivity index (χ1n) is 6.43. The van der Waals surface area contributed by atoms with Crippen LogP contribution in [0.15, 0.2) is 17.2 Å². The van der Waals surface area contributed by atoms with Gasteiger partial charge < -0.3 is 4.57 Å². The summed E-state index contributed by atoms with van der Waals surface area (Å²) < 4.78 is 1.80.